The number of amides is 2. The van der Waals surface area contributed by atoms with E-state index in [9.17, 15) is 9.59 Å². The summed E-state index contributed by atoms with van der Waals surface area (Å²) in [6, 6.07) is 18.3. The minimum atomic E-state index is -0.322. The fraction of sp³-hybridized carbons (Fsp3) is 0.0588. The molecule has 1 aliphatic rings. The Morgan fingerprint density at radius 3 is 2.36 bits per heavy atom. The molecule has 0 spiro atoms. The molecule has 0 aliphatic carbocycles. The van der Waals surface area contributed by atoms with Crippen LogP contribution < -0.4 is 5.32 Å². The molecule has 0 atom stereocenters. The van der Waals surface area contributed by atoms with E-state index in [1.807, 2.05) is 42.5 Å². The van der Waals surface area contributed by atoms with Crippen LogP contribution in [0.2, 0.25) is 0 Å². The normalized spacial score (nSPS) is 16.1. The molecular weight excluding hydrogens is 314 g/mol. The monoisotopic (exact) mass is 327 g/mol. The van der Waals surface area contributed by atoms with E-state index in [0.29, 0.717) is 4.91 Å². The number of thioether (sulfide) groups is 2. The zero-order chi connectivity index (χ0) is 15.4. The third-order valence-corrected chi connectivity index (χ3v) is 4.96. The van der Waals surface area contributed by atoms with Crippen molar-refractivity contribution in [2.75, 3.05) is 0 Å². The Labute approximate surface area is 137 Å². The summed E-state index contributed by atoms with van der Waals surface area (Å²) in [5.41, 5.74) is 2.20. The van der Waals surface area contributed by atoms with Gasteiger partial charge in [-0.1, -0.05) is 42.5 Å². The van der Waals surface area contributed by atoms with Crippen LogP contribution in [0.5, 0.6) is 0 Å². The topological polar surface area (TPSA) is 46.2 Å². The molecule has 0 aromatic heterocycles. The molecular formula is C17H13NO2S2. The van der Waals surface area contributed by atoms with Crippen molar-refractivity contribution in [3.8, 4) is 0 Å². The van der Waals surface area contributed by atoms with E-state index in [0.717, 1.165) is 23.1 Å². The minimum absolute atomic E-state index is 0.314. The lowest BCUT2D eigenvalue weighted by molar-refractivity contribution is -0.115. The molecule has 3 rings (SSSR count). The first kappa shape index (κ1) is 14.9. The third kappa shape index (κ3) is 3.81. The lowest BCUT2D eigenvalue weighted by Crippen LogP contribution is -2.17. The van der Waals surface area contributed by atoms with Crippen LogP contribution in [0, 0.1) is 0 Å². The van der Waals surface area contributed by atoms with Crippen molar-refractivity contribution in [2.24, 2.45) is 0 Å². The maximum atomic E-state index is 11.5. The number of hydrogen-bond donors (Lipinski definition) is 1. The molecule has 110 valence electrons. The Morgan fingerprint density at radius 2 is 1.73 bits per heavy atom. The van der Waals surface area contributed by atoms with E-state index in [2.05, 4.69) is 17.4 Å². The molecule has 3 nitrogen and oxygen atoms in total. The Kier molecular flexibility index (Phi) is 4.65. The summed E-state index contributed by atoms with van der Waals surface area (Å²) in [5, 5.41) is 1.94. The van der Waals surface area contributed by atoms with Crippen molar-refractivity contribution >= 4 is 40.7 Å². The Balaban J connectivity index is 1.64. The van der Waals surface area contributed by atoms with Crippen LogP contribution in [0.3, 0.4) is 0 Å². The van der Waals surface area contributed by atoms with Gasteiger partial charge in [0, 0.05) is 10.6 Å². The molecule has 0 radical (unpaired) electrons. The summed E-state index contributed by atoms with van der Waals surface area (Å²) in [6.07, 6.45) is 1.73. The van der Waals surface area contributed by atoms with Crippen molar-refractivity contribution < 1.29 is 9.59 Å². The molecule has 22 heavy (non-hydrogen) atoms. The average molecular weight is 327 g/mol. The van der Waals surface area contributed by atoms with Crippen molar-refractivity contribution in [2.45, 2.75) is 10.6 Å². The van der Waals surface area contributed by atoms with Gasteiger partial charge in [-0.2, -0.15) is 0 Å². The van der Waals surface area contributed by atoms with Gasteiger partial charge in [0.25, 0.3) is 11.1 Å². The summed E-state index contributed by atoms with van der Waals surface area (Å²) in [6.45, 7) is 0. The van der Waals surface area contributed by atoms with Crippen LogP contribution >= 0.6 is 23.5 Å². The number of carbonyl (C=O) groups is 2. The van der Waals surface area contributed by atoms with Gasteiger partial charge >= 0.3 is 0 Å². The SMILES string of the molecule is O=C1NC(=O)C(=Cc2ccc(SCc3ccccc3)cc2)S1. The summed E-state index contributed by atoms with van der Waals surface area (Å²) in [7, 11) is 0. The molecule has 0 unspecified atom stereocenters. The predicted octanol–water partition coefficient (Wildman–Crippen LogP) is 4.30. The first-order valence-electron chi connectivity index (χ1n) is 6.72. The standard InChI is InChI=1S/C17H13NO2S2/c19-16-15(22-17(20)18-16)10-12-6-8-14(9-7-12)21-11-13-4-2-1-3-5-13/h1-10H,11H2,(H,18,19,20). The lowest BCUT2D eigenvalue weighted by atomic mass is 10.2. The zero-order valence-electron chi connectivity index (χ0n) is 11.6. The number of nitrogens with one attached hydrogen (secondary N) is 1. The smallest absolute Gasteiger partial charge is 0.282 e. The maximum absolute atomic E-state index is 11.5. The Bertz CT molecular complexity index is 724. The molecule has 0 saturated carbocycles. The first-order valence-corrected chi connectivity index (χ1v) is 8.52. The van der Waals surface area contributed by atoms with E-state index >= 15 is 0 Å². The molecule has 2 aromatic rings. The Hall–Kier alpha value is -1.98. The Morgan fingerprint density at radius 1 is 1.00 bits per heavy atom. The van der Waals surface area contributed by atoms with Gasteiger partial charge < -0.3 is 0 Å². The molecule has 1 N–H and O–H groups in total. The lowest BCUT2D eigenvalue weighted by Gasteiger charge is -2.03. The number of hydrogen-bond acceptors (Lipinski definition) is 4. The van der Waals surface area contributed by atoms with Gasteiger partial charge in [-0.3, -0.25) is 14.9 Å². The number of rotatable bonds is 4. The number of carbonyl (C=O) groups excluding carboxylic acids is 2. The third-order valence-electron chi connectivity index (χ3n) is 3.07. The van der Waals surface area contributed by atoms with Crippen molar-refractivity contribution in [1.29, 1.82) is 0 Å². The highest BCUT2D eigenvalue weighted by Crippen LogP contribution is 2.27. The van der Waals surface area contributed by atoms with E-state index in [1.165, 1.54) is 10.5 Å². The molecule has 5 heteroatoms. The van der Waals surface area contributed by atoms with Crippen LogP contribution in [0.15, 0.2) is 64.4 Å². The van der Waals surface area contributed by atoms with E-state index in [1.54, 1.807) is 17.8 Å². The van der Waals surface area contributed by atoms with Gasteiger partial charge in [-0.05, 0) is 41.1 Å². The van der Waals surface area contributed by atoms with Crippen LogP contribution in [0.4, 0.5) is 4.79 Å². The highest BCUT2D eigenvalue weighted by molar-refractivity contribution is 8.18. The second-order valence-corrected chi connectivity index (χ2v) is 6.76. The van der Waals surface area contributed by atoms with Gasteiger partial charge in [-0.15, -0.1) is 11.8 Å². The fourth-order valence-corrected chi connectivity index (χ4v) is 3.51. The molecule has 2 amide bonds. The second kappa shape index (κ2) is 6.85. The first-order chi connectivity index (χ1) is 10.7. The summed E-state index contributed by atoms with van der Waals surface area (Å²) < 4.78 is 0. The fourth-order valence-electron chi connectivity index (χ4n) is 1.97. The van der Waals surface area contributed by atoms with Crippen molar-refractivity contribution in [3.05, 3.63) is 70.6 Å². The maximum Gasteiger partial charge on any atom is 0.290 e. The quantitative estimate of drug-likeness (QED) is 0.672. The molecule has 0 bridgehead atoms. The minimum Gasteiger partial charge on any atom is -0.282 e. The van der Waals surface area contributed by atoms with E-state index < -0.39 is 0 Å². The van der Waals surface area contributed by atoms with Gasteiger partial charge in [-0.25, -0.2) is 0 Å². The highest BCUT2D eigenvalue weighted by atomic mass is 32.2. The largest absolute Gasteiger partial charge is 0.290 e. The predicted molar refractivity (Wildman–Crippen MR) is 91.6 cm³/mol. The van der Waals surface area contributed by atoms with Crippen molar-refractivity contribution in [3.63, 3.8) is 0 Å². The van der Waals surface area contributed by atoms with Gasteiger partial charge in [0.2, 0.25) is 0 Å². The highest BCUT2D eigenvalue weighted by Gasteiger charge is 2.24. The zero-order valence-corrected chi connectivity index (χ0v) is 13.2. The number of imide groups is 1. The van der Waals surface area contributed by atoms with Crippen LogP contribution in [0.25, 0.3) is 6.08 Å². The van der Waals surface area contributed by atoms with Crippen LogP contribution in [-0.4, -0.2) is 11.1 Å². The van der Waals surface area contributed by atoms with Gasteiger partial charge in [0.15, 0.2) is 0 Å². The molecule has 2 aromatic carbocycles. The molecule has 1 heterocycles. The molecule has 1 fully saturated rings. The summed E-state index contributed by atoms with van der Waals surface area (Å²) in [5.74, 6) is 0.603. The molecule has 1 aliphatic heterocycles. The number of benzene rings is 2. The average Bonchev–Trinajstić information content (AvgIpc) is 2.85. The molecule has 1 saturated heterocycles. The van der Waals surface area contributed by atoms with Crippen molar-refractivity contribution in [1.82, 2.24) is 5.32 Å². The summed E-state index contributed by atoms with van der Waals surface area (Å²) in [4.78, 5) is 24.2. The second-order valence-electron chi connectivity index (χ2n) is 4.70. The van der Waals surface area contributed by atoms with Gasteiger partial charge in [0.05, 0.1) is 4.91 Å². The summed E-state index contributed by atoms with van der Waals surface area (Å²) >= 11 is 2.70. The van der Waals surface area contributed by atoms with E-state index in [-0.39, 0.29) is 11.1 Å². The van der Waals surface area contributed by atoms with Crippen LogP contribution in [-0.2, 0) is 10.5 Å². The van der Waals surface area contributed by atoms with Gasteiger partial charge in [0.1, 0.15) is 0 Å². The van der Waals surface area contributed by atoms with Crippen LogP contribution in [0.1, 0.15) is 11.1 Å². The van der Waals surface area contributed by atoms with E-state index in [4.69, 9.17) is 0 Å².